The van der Waals surface area contributed by atoms with Crippen LogP contribution in [0.15, 0.2) is 97.2 Å². The predicted molar refractivity (Wildman–Crippen MR) is 251 cm³/mol. The monoisotopic (exact) mass is 819 g/mol. The molecule has 0 saturated heterocycles. The highest BCUT2D eigenvalue weighted by Crippen LogP contribution is 2.12. The molecule has 0 heterocycles. The molecule has 334 valence electrons. The largest absolute Gasteiger partial charge is 0.462 e. The minimum Gasteiger partial charge on any atom is -0.462 e. The minimum absolute atomic E-state index is 0.111. The molecular formula is C53H86O6. The third-order valence-electron chi connectivity index (χ3n) is 9.68. The van der Waals surface area contributed by atoms with Crippen molar-refractivity contribution >= 4 is 17.9 Å². The average Bonchev–Trinajstić information content (AvgIpc) is 3.23. The first kappa shape index (κ1) is 55.3. The van der Waals surface area contributed by atoms with Gasteiger partial charge in [-0.15, -0.1) is 0 Å². The molecule has 0 aromatic heterocycles. The van der Waals surface area contributed by atoms with Crippen LogP contribution in [0.1, 0.15) is 201 Å². The summed E-state index contributed by atoms with van der Waals surface area (Å²) < 4.78 is 16.7. The van der Waals surface area contributed by atoms with Gasteiger partial charge in [-0.25, -0.2) is 0 Å². The van der Waals surface area contributed by atoms with E-state index in [0.29, 0.717) is 19.3 Å². The van der Waals surface area contributed by atoms with Crippen molar-refractivity contribution in [2.75, 3.05) is 13.2 Å². The number of ether oxygens (including phenoxy) is 3. The minimum atomic E-state index is -0.814. The molecule has 1 unspecified atom stereocenters. The fourth-order valence-electron chi connectivity index (χ4n) is 6.13. The quantitative estimate of drug-likeness (QED) is 0.0201. The zero-order valence-electron chi connectivity index (χ0n) is 38.0. The molecule has 0 aliphatic carbocycles. The van der Waals surface area contributed by atoms with E-state index in [9.17, 15) is 14.4 Å². The molecule has 0 spiro atoms. The van der Waals surface area contributed by atoms with Gasteiger partial charge in [0.15, 0.2) is 6.10 Å². The molecular weight excluding hydrogens is 733 g/mol. The second-order valence-corrected chi connectivity index (χ2v) is 15.4. The van der Waals surface area contributed by atoms with E-state index in [2.05, 4.69) is 81.5 Å². The fraction of sp³-hybridized carbons (Fsp3) is 0.642. The van der Waals surface area contributed by atoms with Gasteiger partial charge >= 0.3 is 17.9 Å². The fourth-order valence-corrected chi connectivity index (χ4v) is 6.13. The van der Waals surface area contributed by atoms with E-state index in [1.54, 1.807) is 0 Å². The maximum atomic E-state index is 12.7. The molecule has 0 bridgehead atoms. The lowest BCUT2D eigenvalue weighted by atomic mass is 10.1. The Balaban J connectivity index is 4.51. The number of hydrogen-bond acceptors (Lipinski definition) is 6. The van der Waals surface area contributed by atoms with Crippen LogP contribution < -0.4 is 0 Å². The zero-order valence-corrected chi connectivity index (χ0v) is 38.0. The first-order valence-electron chi connectivity index (χ1n) is 23.8. The van der Waals surface area contributed by atoms with Crippen LogP contribution in [0, 0.1) is 0 Å². The van der Waals surface area contributed by atoms with E-state index < -0.39 is 6.10 Å². The van der Waals surface area contributed by atoms with Gasteiger partial charge in [0.1, 0.15) is 13.2 Å². The van der Waals surface area contributed by atoms with E-state index >= 15 is 0 Å². The summed E-state index contributed by atoms with van der Waals surface area (Å²) in [5.41, 5.74) is 0. The van der Waals surface area contributed by atoms with Crippen molar-refractivity contribution in [1.29, 1.82) is 0 Å². The van der Waals surface area contributed by atoms with Crippen LogP contribution in [-0.2, 0) is 28.6 Å². The van der Waals surface area contributed by atoms with Crippen LogP contribution in [-0.4, -0.2) is 37.2 Å². The Morgan fingerprint density at radius 3 is 1.25 bits per heavy atom. The summed E-state index contributed by atoms with van der Waals surface area (Å²) in [6, 6.07) is 0. The number of carbonyl (C=O) groups is 3. The molecule has 0 aromatic rings. The van der Waals surface area contributed by atoms with Crippen LogP contribution in [0.4, 0.5) is 0 Å². The number of carbonyl (C=O) groups excluding carboxylic acids is 3. The Hall–Kier alpha value is -3.67. The lowest BCUT2D eigenvalue weighted by Gasteiger charge is -2.18. The maximum absolute atomic E-state index is 12.7. The topological polar surface area (TPSA) is 78.9 Å². The molecule has 0 aromatic carbocycles. The number of unbranched alkanes of at least 4 members (excludes halogenated alkanes) is 18. The summed E-state index contributed by atoms with van der Waals surface area (Å²) in [5.74, 6) is -1.000. The van der Waals surface area contributed by atoms with Gasteiger partial charge in [0.05, 0.1) is 0 Å². The third kappa shape index (κ3) is 45.3. The number of hydrogen-bond donors (Lipinski definition) is 0. The Morgan fingerprint density at radius 1 is 0.373 bits per heavy atom. The normalized spacial score (nSPS) is 12.9. The van der Waals surface area contributed by atoms with Gasteiger partial charge in [0, 0.05) is 19.3 Å². The summed E-state index contributed by atoms with van der Waals surface area (Å²) in [6.07, 6.45) is 61.1. The zero-order chi connectivity index (χ0) is 43.0. The molecule has 0 saturated carbocycles. The first-order valence-corrected chi connectivity index (χ1v) is 23.8. The summed E-state index contributed by atoms with van der Waals surface area (Å²) >= 11 is 0. The molecule has 0 rings (SSSR count). The first-order chi connectivity index (χ1) is 29.0. The van der Waals surface area contributed by atoms with Gasteiger partial charge in [-0.3, -0.25) is 14.4 Å². The molecule has 0 aliphatic heterocycles. The van der Waals surface area contributed by atoms with Crippen molar-refractivity contribution in [2.24, 2.45) is 0 Å². The maximum Gasteiger partial charge on any atom is 0.306 e. The number of esters is 3. The molecule has 0 aliphatic rings. The van der Waals surface area contributed by atoms with Crippen LogP contribution in [0.3, 0.4) is 0 Å². The van der Waals surface area contributed by atoms with Crippen molar-refractivity contribution in [1.82, 2.24) is 0 Å². The summed E-state index contributed by atoms with van der Waals surface area (Å²) in [4.78, 5) is 37.8. The van der Waals surface area contributed by atoms with E-state index in [4.69, 9.17) is 14.2 Å². The van der Waals surface area contributed by atoms with Gasteiger partial charge in [0.2, 0.25) is 0 Å². The summed E-state index contributed by atoms with van der Waals surface area (Å²) in [7, 11) is 0. The van der Waals surface area contributed by atoms with E-state index in [0.717, 1.165) is 109 Å². The summed E-state index contributed by atoms with van der Waals surface area (Å²) in [6.45, 7) is 6.29. The van der Waals surface area contributed by atoms with Crippen LogP contribution >= 0.6 is 0 Å². The third-order valence-corrected chi connectivity index (χ3v) is 9.68. The molecule has 6 heteroatoms. The molecule has 1 atom stereocenters. The second kappa shape index (κ2) is 47.0. The van der Waals surface area contributed by atoms with E-state index in [1.165, 1.54) is 44.9 Å². The average molecular weight is 819 g/mol. The van der Waals surface area contributed by atoms with Crippen molar-refractivity contribution in [3.05, 3.63) is 97.2 Å². The smallest absolute Gasteiger partial charge is 0.306 e. The Bertz CT molecular complexity index is 1220. The molecule has 0 radical (unpaired) electrons. The van der Waals surface area contributed by atoms with Crippen molar-refractivity contribution < 1.29 is 28.6 Å². The Kier molecular flexibility index (Phi) is 44.1. The Morgan fingerprint density at radius 2 is 0.746 bits per heavy atom. The van der Waals surface area contributed by atoms with Crippen LogP contribution in [0.25, 0.3) is 0 Å². The van der Waals surface area contributed by atoms with Gasteiger partial charge in [0.25, 0.3) is 0 Å². The van der Waals surface area contributed by atoms with Crippen LogP contribution in [0.5, 0.6) is 0 Å². The number of rotatable bonds is 41. The second-order valence-electron chi connectivity index (χ2n) is 15.4. The van der Waals surface area contributed by atoms with Gasteiger partial charge in [-0.2, -0.15) is 0 Å². The molecule has 59 heavy (non-hydrogen) atoms. The summed E-state index contributed by atoms with van der Waals surface area (Å²) in [5, 5.41) is 0. The SMILES string of the molecule is CC\C=C/C=C\C=C/C=C\CCCCCC(=O)OC(COC(=O)CCCCC/C=C\C=C/CCCCCCCCC)COC(=O)CCCCCCC/C=C\C/C=C\CC. The van der Waals surface area contributed by atoms with E-state index in [1.807, 2.05) is 36.5 Å². The standard InChI is InChI=1S/C53H86O6/c1-4-7-10-13-16-19-22-25-26-27-29-31-34-37-40-43-46-52(55)58-49-50(48-57-51(54)45-42-39-36-33-30-24-21-18-15-12-9-6-3)59-53(56)47-44-41-38-35-32-28-23-20-17-14-11-8-5-2/h8-9,11-12,14,17-18,20-21,23,26-29,31-32,50H,4-7,10,13,15-16,19,22,24-25,30,33-49H2,1-3H3/b11-8-,12-9-,17-14-,21-18-,23-20-,27-26-,31-29-,32-28-. The van der Waals surface area contributed by atoms with E-state index in [-0.39, 0.29) is 37.5 Å². The highest BCUT2D eigenvalue weighted by atomic mass is 16.6. The van der Waals surface area contributed by atoms with Crippen LogP contribution in [0.2, 0.25) is 0 Å². The lowest BCUT2D eigenvalue weighted by molar-refractivity contribution is -0.167. The molecule has 6 nitrogen and oxygen atoms in total. The number of allylic oxidation sites excluding steroid dienone is 16. The predicted octanol–water partition coefficient (Wildman–Crippen LogP) is 15.4. The lowest BCUT2D eigenvalue weighted by Crippen LogP contribution is -2.30. The highest BCUT2D eigenvalue weighted by Gasteiger charge is 2.19. The molecule has 0 N–H and O–H groups in total. The van der Waals surface area contributed by atoms with Crippen molar-refractivity contribution in [2.45, 2.75) is 207 Å². The molecule has 0 amide bonds. The highest BCUT2D eigenvalue weighted by molar-refractivity contribution is 5.71. The van der Waals surface area contributed by atoms with Gasteiger partial charge < -0.3 is 14.2 Å². The van der Waals surface area contributed by atoms with Crippen molar-refractivity contribution in [3.8, 4) is 0 Å². The van der Waals surface area contributed by atoms with Gasteiger partial charge in [-0.1, -0.05) is 189 Å². The Labute approximate surface area is 362 Å². The van der Waals surface area contributed by atoms with Crippen molar-refractivity contribution in [3.63, 3.8) is 0 Å². The molecule has 0 fully saturated rings. The van der Waals surface area contributed by atoms with Gasteiger partial charge in [-0.05, 0) is 89.9 Å².